The van der Waals surface area contributed by atoms with Gasteiger partial charge in [0.1, 0.15) is 0 Å². The van der Waals surface area contributed by atoms with Gasteiger partial charge in [0.2, 0.25) is 11.8 Å². The summed E-state index contributed by atoms with van der Waals surface area (Å²) in [6.07, 6.45) is 2.05. The van der Waals surface area contributed by atoms with E-state index >= 15 is 0 Å². The van der Waals surface area contributed by atoms with E-state index in [-0.39, 0.29) is 43.6 Å². The van der Waals surface area contributed by atoms with Crippen molar-refractivity contribution in [2.75, 3.05) is 0 Å². The minimum absolute atomic E-state index is 0.0221. The first kappa shape index (κ1) is 15.9. The number of hydrogen-bond acceptors (Lipinski definition) is 1. The van der Waals surface area contributed by atoms with Crippen LogP contribution in [0.5, 0.6) is 0 Å². The predicted octanol–water partition coefficient (Wildman–Crippen LogP) is 4.47. The van der Waals surface area contributed by atoms with Gasteiger partial charge in [0, 0.05) is 18.8 Å². The monoisotopic (exact) mass is 295 g/mol. The topological polar surface area (TPSA) is 29.1 Å². The Bertz CT molecular complexity index is 451. The fourth-order valence-corrected chi connectivity index (χ4v) is 2.89. The third-order valence-corrected chi connectivity index (χ3v) is 4.18. The Kier molecular flexibility index (Phi) is 5.32. The molecule has 0 aromatic heterocycles. The molecule has 1 aromatic carbocycles. The first-order valence-corrected chi connectivity index (χ1v) is 7.75. The van der Waals surface area contributed by atoms with Gasteiger partial charge in [-0.2, -0.15) is 0 Å². The molecule has 0 radical (unpaired) electrons. The largest absolute Gasteiger partial charge is 0.349 e. The standard InChI is InChI=1S/C17H23F2NO/c1-2-6-15(13-7-4-3-5-8-13)20-16(21)14-9-11-17(18,19)12-10-14/h3-5,7-8,14-15H,2,6,9-12H2,1H3,(H,20,21). The van der Waals surface area contributed by atoms with Gasteiger partial charge in [-0.15, -0.1) is 0 Å². The van der Waals surface area contributed by atoms with Crippen LogP contribution in [-0.4, -0.2) is 11.8 Å². The van der Waals surface area contributed by atoms with Crippen LogP contribution in [0, 0.1) is 5.92 Å². The lowest BCUT2D eigenvalue weighted by atomic mass is 9.86. The summed E-state index contributed by atoms with van der Waals surface area (Å²) in [5, 5.41) is 3.05. The van der Waals surface area contributed by atoms with Crippen LogP contribution >= 0.6 is 0 Å². The Hall–Kier alpha value is -1.45. The summed E-state index contributed by atoms with van der Waals surface area (Å²) in [6.45, 7) is 2.07. The molecule has 1 unspecified atom stereocenters. The number of carbonyl (C=O) groups excluding carboxylic acids is 1. The molecule has 0 bridgehead atoms. The van der Waals surface area contributed by atoms with Gasteiger partial charge in [-0.25, -0.2) is 8.78 Å². The van der Waals surface area contributed by atoms with Crippen LogP contribution in [0.2, 0.25) is 0 Å². The lowest BCUT2D eigenvalue weighted by molar-refractivity contribution is -0.130. The van der Waals surface area contributed by atoms with E-state index in [0.29, 0.717) is 0 Å². The van der Waals surface area contributed by atoms with Gasteiger partial charge in [0.15, 0.2) is 0 Å². The minimum Gasteiger partial charge on any atom is -0.349 e. The van der Waals surface area contributed by atoms with Crippen molar-refractivity contribution in [2.45, 2.75) is 57.4 Å². The fourth-order valence-electron chi connectivity index (χ4n) is 2.89. The summed E-state index contributed by atoms with van der Waals surface area (Å²) < 4.78 is 26.3. The van der Waals surface area contributed by atoms with E-state index in [4.69, 9.17) is 0 Å². The van der Waals surface area contributed by atoms with Crippen molar-refractivity contribution in [3.8, 4) is 0 Å². The molecule has 116 valence electrons. The van der Waals surface area contributed by atoms with Crippen molar-refractivity contribution in [1.29, 1.82) is 0 Å². The molecule has 0 heterocycles. The molecular formula is C17H23F2NO. The SMILES string of the molecule is CCCC(NC(=O)C1CCC(F)(F)CC1)c1ccccc1. The van der Waals surface area contributed by atoms with Crippen LogP contribution in [-0.2, 0) is 4.79 Å². The fraction of sp³-hybridized carbons (Fsp3) is 0.588. The quantitative estimate of drug-likeness (QED) is 0.853. The molecule has 2 nitrogen and oxygen atoms in total. The summed E-state index contributed by atoms with van der Waals surface area (Å²) in [6, 6.07) is 9.81. The van der Waals surface area contributed by atoms with E-state index in [1.165, 1.54) is 0 Å². The molecule has 0 saturated heterocycles. The summed E-state index contributed by atoms with van der Waals surface area (Å²) in [5.74, 6) is -2.93. The maximum atomic E-state index is 13.2. The molecule has 0 spiro atoms. The van der Waals surface area contributed by atoms with Gasteiger partial charge in [-0.1, -0.05) is 43.7 Å². The van der Waals surface area contributed by atoms with Crippen LogP contribution in [0.1, 0.15) is 57.1 Å². The lowest BCUT2D eigenvalue weighted by Gasteiger charge is -2.29. The number of halogens is 2. The van der Waals surface area contributed by atoms with E-state index in [2.05, 4.69) is 12.2 Å². The lowest BCUT2D eigenvalue weighted by Crippen LogP contribution is -2.37. The van der Waals surface area contributed by atoms with Gasteiger partial charge >= 0.3 is 0 Å². The van der Waals surface area contributed by atoms with Crippen LogP contribution in [0.4, 0.5) is 8.78 Å². The first-order valence-electron chi connectivity index (χ1n) is 7.75. The second kappa shape index (κ2) is 7.01. The molecule has 1 saturated carbocycles. The Labute approximate surface area is 124 Å². The number of rotatable bonds is 5. The Morgan fingerprint density at radius 3 is 2.48 bits per heavy atom. The summed E-state index contributed by atoms with van der Waals surface area (Å²) in [5.41, 5.74) is 1.08. The van der Waals surface area contributed by atoms with Crippen LogP contribution in [0.15, 0.2) is 30.3 Å². The van der Waals surface area contributed by atoms with E-state index in [9.17, 15) is 13.6 Å². The first-order chi connectivity index (χ1) is 10.0. The maximum absolute atomic E-state index is 13.2. The number of alkyl halides is 2. The van der Waals surface area contributed by atoms with Gasteiger partial charge < -0.3 is 5.32 Å². The van der Waals surface area contributed by atoms with E-state index < -0.39 is 5.92 Å². The van der Waals surface area contributed by atoms with E-state index in [0.717, 1.165) is 18.4 Å². The predicted molar refractivity (Wildman–Crippen MR) is 79.1 cm³/mol. The molecule has 1 aliphatic carbocycles. The molecule has 1 aromatic rings. The zero-order chi connectivity index (χ0) is 15.3. The second-order valence-electron chi connectivity index (χ2n) is 5.89. The highest BCUT2D eigenvalue weighted by Gasteiger charge is 2.37. The van der Waals surface area contributed by atoms with Crippen molar-refractivity contribution in [1.82, 2.24) is 5.32 Å². The van der Waals surface area contributed by atoms with Crippen molar-refractivity contribution in [2.24, 2.45) is 5.92 Å². The number of carbonyl (C=O) groups is 1. The Balaban J connectivity index is 1.96. The average Bonchev–Trinajstić information content (AvgIpc) is 2.47. The van der Waals surface area contributed by atoms with Crippen LogP contribution in [0.3, 0.4) is 0 Å². The van der Waals surface area contributed by atoms with Crippen molar-refractivity contribution >= 4 is 5.91 Å². The zero-order valence-electron chi connectivity index (χ0n) is 12.4. The molecule has 2 rings (SSSR count). The summed E-state index contributed by atoms with van der Waals surface area (Å²) >= 11 is 0. The van der Waals surface area contributed by atoms with E-state index in [1.807, 2.05) is 30.3 Å². The second-order valence-corrected chi connectivity index (χ2v) is 5.89. The molecule has 1 N–H and O–H groups in total. The molecule has 1 amide bonds. The third kappa shape index (κ3) is 4.51. The third-order valence-electron chi connectivity index (χ3n) is 4.18. The van der Waals surface area contributed by atoms with Crippen molar-refractivity contribution in [3.05, 3.63) is 35.9 Å². The van der Waals surface area contributed by atoms with Crippen LogP contribution in [0.25, 0.3) is 0 Å². The van der Waals surface area contributed by atoms with E-state index in [1.54, 1.807) is 0 Å². The number of hydrogen-bond donors (Lipinski definition) is 1. The summed E-state index contributed by atoms with van der Waals surface area (Å²) in [7, 11) is 0. The average molecular weight is 295 g/mol. The molecule has 21 heavy (non-hydrogen) atoms. The molecule has 1 atom stereocenters. The summed E-state index contributed by atoms with van der Waals surface area (Å²) in [4.78, 5) is 12.3. The molecule has 1 fully saturated rings. The smallest absolute Gasteiger partial charge is 0.248 e. The Morgan fingerprint density at radius 2 is 1.90 bits per heavy atom. The highest BCUT2D eigenvalue weighted by molar-refractivity contribution is 5.79. The molecule has 4 heteroatoms. The molecule has 1 aliphatic rings. The van der Waals surface area contributed by atoms with Gasteiger partial charge in [-0.3, -0.25) is 4.79 Å². The highest BCUT2D eigenvalue weighted by atomic mass is 19.3. The van der Waals surface area contributed by atoms with Crippen LogP contribution < -0.4 is 5.32 Å². The molecular weight excluding hydrogens is 272 g/mol. The van der Waals surface area contributed by atoms with Crippen molar-refractivity contribution in [3.63, 3.8) is 0 Å². The highest BCUT2D eigenvalue weighted by Crippen LogP contribution is 2.36. The number of nitrogens with one attached hydrogen (secondary N) is 1. The number of amides is 1. The maximum Gasteiger partial charge on any atom is 0.248 e. The zero-order valence-corrected chi connectivity index (χ0v) is 12.4. The molecule has 0 aliphatic heterocycles. The minimum atomic E-state index is -2.58. The Morgan fingerprint density at radius 1 is 1.29 bits per heavy atom. The van der Waals surface area contributed by atoms with Crippen molar-refractivity contribution < 1.29 is 13.6 Å². The number of benzene rings is 1. The van der Waals surface area contributed by atoms with Gasteiger partial charge in [0.05, 0.1) is 6.04 Å². The van der Waals surface area contributed by atoms with Gasteiger partial charge in [-0.05, 0) is 24.8 Å². The normalized spacial score (nSPS) is 20.0. The van der Waals surface area contributed by atoms with Gasteiger partial charge in [0.25, 0.3) is 0 Å².